The second kappa shape index (κ2) is 63.3. The van der Waals surface area contributed by atoms with Crippen LogP contribution in [0.5, 0.6) is 0 Å². The fraction of sp³-hybridized carbons (Fsp3) is 0.816. The summed E-state index contributed by atoms with van der Waals surface area (Å²) in [5, 5.41) is 57.3. The van der Waals surface area contributed by atoms with Crippen LogP contribution in [-0.4, -0.2) is 99.6 Å². The van der Waals surface area contributed by atoms with E-state index in [1.165, 1.54) is 193 Å². The molecule has 0 aromatic rings. The topological polar surface area (TPSA) is 175 Å². The van der Waals surface area contributed by atoms with E-state index in [1.807, 2.05) is 6.08 Å². The molecule has 0 spiro atoms. The monoisotopic (exact) mass is 1220 g/mol. The molecule has 0 aromatic carbocycles. The number of esters is 1. The Hall–Kier alpha value is -2.90. The summed E-state index contributed by atoms with van der Waals surface area (Å²) in [6.45, 7) is 5.72. The van der Waals surface area contributed by atoms with Crippen LogP contribution < -0.4 is 5.32 Å². The average molecular weight is 1220 g/mol. The van der Waals surface area contributed by atoms with E-state index in [4.69, 9.17) is 14.2 Å². The fourth-order valence-corrected chi connectivity index (χ4v) is 11.4. The highest BCUT2D eigenvalue weighted by atomic mass is 16.7. The molecular weight excluding hydrogens is 1090 g/mol. The third-order valence-electron chi connectivity index (χ3n) is 17.1. The van der Waals surface area contributed by atoms with Gasteiger partial charge in [0.1, 0.15) is 24.4 Å². The highest BCUT2D eigenvalue weighted by molar-refractivity contribution is 5.80. The smallest absolute Gasteiger partial charge is 0.306 e. The third kappa shape index (κ3) is 50.4. The quantitative estimate of drug-likeness (QED) is 0.0195. The molecule has 1 saturated heterocycles. The summed E-state index contributed by atoms with van der Waals surface area (Å²) in [4.78, 5) is 26.7. The van der Waals surface area contributed by atoms with Crippen molar-refractivity contribution in [1.82, 2.24) is 5.32 Å². The van der Waals surface area contributed by atoms with E-state index in [-0.39, 0.29) is 19.4 Å². The number of unbranched alkanes of at least 4 members (excludes halogenated alkanes) is 39. The van der Waals surface area contributed by atoms with Gasteiger partial charge in [-0.3, -0.25) is 9.59 Å². The zero-order valence-electron chi connectivity index (χ0n) is 56.4. The maximum Gasteiger partial charge on any atom is 0.306 e. The highest BCUT2D eigenvalue weighted by Crippen LogP contribution is 2.26. The molecule has 8 unspecified atom stereocenters. The summed E-state index contributed by atoms with van der Waals surface area (Å²) in [5.74, 6) is -1.19. The van der Waals surface area contributed by atoms with Crippen molar-refractivity contribution in [2.45, 2.75) is 384 Å². The van der Waals surface area contributed by atoms with Crippen molar-refractivity contribution in [2.24, 2.45) is 0 Å². The first-order valence-electron chi connectivity index (χ1n) is 36.7. The predicted molar refractivity (Wildman–Crippen MR) is 366 cm³/mol. The number of hydrogen-bond donors (Lipinski definition) is 6. The van der Waals surface area contributed by atoms with E-state index < -0.39 is 67.4 Å². The first kappa shape index (κ1) is 82.1. The van der Waals surface area contributed by atoms with Crippen LogP contribution in [0, 0.1) is 0 Å². The second-order valence-corrected chi connectivity index (χ2v) is 25.3. The van der Waals surface area contributed by atoms with Crippen molar-refractivity contribution >= 4 is 11.9 Å². The first-order valence-corrected chi connectivity index (χ1v) is 36.7. The Labute approximate surface area is 534 Å². The van der Waals surface area contributed by atoms with Crippen molar-refractivity contribution in [3.63, 3.8) is 0 Å². The molecule has 506 valence electrons. The summed E-state index contributed by atoms with van der Waals surface area (Å²) in [6.07, 6.45) is 72.2. The molecule has 1 rings (SSSR count). The van der Waals surface area contributed by atoms with E-state index >= 15 is 0 Å². The van der Waals surface area contributed by atoms with Crippen LogP contribution in [0.3, 0.4) is 0 Å². The second-order valence-electron chi connectivity index (χ2n) is 25.3. The van der Waals surface area contributed by atoms with Crippen LogP contribution >= 0.6 is 0 Å². The predicted octanol–water partition coefficient (Wildman–Crippen LogP) is 19.1. The zero-order chi connectivity index (χ0) is 63.1. The summed E-state index contributed by atoms with van der Waals surface area (Å²) in [6, 6.07) is -1.03. The molecular formula is C76H137NO10. The molecule has 1 heterocycles. The van der Waals surface area contributed by atoms with Gasteiger partial charge in [-0.2, -0.15) is 0 Å². The molecule has 8 atom stereocenters. The number of rotatable bonds is 63. The van der Waals surface area contributed by atoms with Crippen LogP contribution in [0.4, 0.5) is 0 Å². The lowest BCUT2D eigenvalue weighted by Gasteiger charge is -2.41. The van der Waals surface area contributed by atoms with Gasteiger partial charge >= 0.3 is 5.97 Å². The van der Waals surface area contributed by atoms with Crippen LogP contribution in [0.2, 0.25) is 0 Å². The van der Waals surface area contributed by atoms with Crippen molar-refractivity contribution in [3.05, 3.63) is 72.9 Å². The van der Waals surface area contributed by atoms with Crippen molar-refractivity contribution in [1.29, 1.82) is 0 Å². The molecule has 1 amide bonds. The minimum Gasteiger partial charge on any atom is -0.454 e. The standard InChI is InChI=1S/C76H137NO10/c1-4-7-10-13-16-19-22-25-27-29-31-33-34-35-37-38-40-42-45-48-51-54-57-60-63-69(80)75(84)77-67(68(79)62-59-56-53-50-47-44-24-21-18-15-12-9-6-3)66-85-76-74(73(83)72(82)70(65-78)86-76)87-71(81)64-61-58-55-52-49-46-43-41-39-36-32-30-28-26-23-20-17-14-11-8-5-2/h7,10,16,19,25,27,31,33,35,37,59,62,67-70,72-74,76,78-80,82-83H,4-6,8-9,11-15,17-18,20-24,26,28-30,32,34,36,38-58,60-61,63-66H2,1-3H3,(H,77,84)/b10-7-,19-16-,27-25-,33-31-,37-35-,62-59+. The molecule has 1 aliphatic rings. The number of nitrogens with one attached hydrogen (secondary N) is 1. The first-order chi connectivity index (χ1) is 42.7. The van der Waals surface area contributed by atoms with Gasteiger partial charge in [-0.25, -0.2) is 0 Å². The lowest BCUT2D eigenvalue weighted by atomic mass is 9.99. The van der Waals surface area contributed by atoms with Gasteiger partial charge in [0.15, 0.2) is 12.4 Å². The number of hydrogen-bond acceptors (Lipinski definition) is 10. The number of aliphatic hydroxyl groups is 5. The number of ether oxygens (including phenoxy) is 3. The maximum atomic E-state index is 13.5. The van der Waals surface area contributed by atoms with Crippen LogP contribution in [0.1, 0.15) is 335 Å². The number of allylic oxidation sites excluding steroid dienone is 11. The van der Waals surface area contributed by atoms with E-state index in [0.717, 1.165) is 96.3 Å². The van der Waals surface area contributed by atoms with Crippen molar-refractivity contribution in [3.8, 4) is 0 Å². The Balaban J connectivity index is 2.58. The summed E-state index contributed by atoms with van der Waals surface area (Å²) in [5.41, 5.74) is 0. The molecule has 1 aliphatic heterocycles. The van der Waals surface area contributed by atoms with Crippen LogP contribution in [0.15, 0.2) is 72.9 Å². The summed E-state index contributed by atoms with van der Waals surface area (Å²) < 4.78 is 17.7. The number of amides is 1. The van der Waals surface area contributed by atoms with E-state index in [2.05, 4.69) is 86.8 Å². The number of aliphatic hydroxyl groups excluding tert-OH is 5. The Kier molecular flexibility index (Phi) is 59.7. The third-order valence-corrected chi connectivity index (χ3v) is 17.1. The van der Waals surface area contributed by atoms with Gasteiger partial charge < -0.3 is 45.1 Å². The lowest BCUT2D eigenvalue weighted by Crippen LogP contribution is -2.61. The number of carbonyl (C=O) groups excluding carboxylic acids is 2. The average Bonchev–Trinajstić information content (AvgIpc) is 1.53. The Morgan fingerprint density at radius 2 is 0.828 bits per heavy atom. The largest absolute Gasteiger partial charge is 0.454 e. The lowest BCUT2D eigenvalue weighted by molar-refractivity contribution is -0.305. The molecule has 0 saturated carbocycles. The fourth-order valence-electron chi connectivity index (χ4n) is 11.4. The minimum atomic E-state index is -1.62. The normalized spacial score (nSPS) is 18.6. The van der Waals surface area contributed by atoms with Gasteiger partial charge in [0.25, 0.3) is 0 Å². The molecule has 6 N–H and O–H groups in total. The van der Waals surface area contributed by atoms with Gasteiger partial charge in [0, 0.05) is 6.42 Å². The molecule has 0 aromatic heterocycles. The van der Waals surface area contributed by atoms with Gasteiger partial charge in [-0.05, 0) is 70.6 Å². The summed E-state index contributed by atoms with van der Waals surface area (Å²) >= 11 is 0. The molecule has 0 radical (unpaired) electrons. The van der Waals surface area contributed by atoms with E-state index in [1.54, 1.807) is 6.08 Å². The molecule has 1 fully saturated rings. The molecule has 11 nitrogen and oxygen atoms in total. The van der Waals surface area contributed by atoms with Crippen LogP contribution in [0.25, 0.3) is 0 Å². The Morgan fingerprint density at radius 1 is 0.460 bits per heavy atom. The van der Waals surface area contributed by atoms with Gasteiger partial charge in [0.05, 0.1) is 25.4 Å². The molecule has 0 aliphatic carbocycles. The van der Waals surface area contributed by atoms with Crippen molar-refractivity contribution in [2.75, 3.05) is 13.2 Å². The van der Waals surface area contributed by atoms with Crippen LogP contribution in [-0.2, 0) is 23.8 Å². The van der Waals surface area contributed by atoms with Gasteiger partial charge in [0.2, 0.25) is 5.91 Å². The van der Waals surface area contributed by atoms with E-state index in [9.17, 15) is 35.1 Å². The minimum absolute atomic E-state index is 0.126. The molecule has 87 heavy (non-hydrogen) atoms. The summed E-state index contributed by atoms with van der Waals surface area (Å²) in [7, 11) is 0. The highest BCUT2D eigenvalue weighted by Gasteiger charge is 2.47. The van der Waals surface area contributed by atoms with Gasteiger partial charge in [-0.15, -0.1) is 0 Å². The maximum absolute atomic E-state index is 13.5. The Bertz CT molecular complexity index is 1690. The SMILES string of the molecule is CC/C=C\C/C=C\C/C=C\C/C=C\C/C=C\CCCCCCCCCCC(O)C(=O)NC(COC1OC(CO)C(O)C(O)C1OC(=O)CCCCCCCCCCCCCCCCCCCCCCC)C(O)/C=C/CCCCCCCCCCCCC. The van der Waals surface area contributed by atoms with Gasteiger partial charge in [-0.1, -0.05) is 331 Å². The number of carbonyl (C=O) groups is 2. The van der Waals surface area contributed by atoms with Crippen molar-refractivity contribution < 1.29 is 49.3 Å². The molecule has 11 heteroatoms. The zero-order valence-corrected chi connectivity index (χ0v) is 56.4. The Morgan fingerprint density at radius 3 is 1.24 bits per heavy atom. The molecule has 0 bridgehead atoms. The van der Waals surface area contributed by atoms with E-state index in [0.29, 0.717) is 12.8 Å².